The third kappa shape index (κ3) is 5.32. The maximum Gasteiger partial charge on any atom is 0.313 e. The molecule has 0 radical (unpaired) electrons. The molecule has 2 aromatic rings. The highest BCUT2D eigenvalue weighted by Gasteiger charge is 2.21. The van der Waals surface area contributed by atoms with Crippen LogP contribution in [-0.2, 0) is 14.3 Å². The van der Waals surface area contributed by atoms with E-state index in [9.17, 15) is 14.4 Å². The number of hydrazine groups is 1. The molecule has 7 heteroatoms. The Balaban J connectivity index is 1.82. The van der Waals surface area contributed by atoms with Gasteiger partial charge in [0.1, 0.15) is 0 Å². The molecule has 0 saturated heterocycles. The fraction of sp³-hybridized carbons (Fsp3) is 0.211. The van der Waals surface area contributed by atoms with E-state index in [1.165, 1.54) is 6.07 Å². The molecule has 0 aliphatic rings. The molecule has 2 amide bonds. The Hall–Kier alpha value is -2.86. The highest BCUT2D eigenvalue weighted by molar-refractivity contribution is 6.33. The maximum atomic E-state index is 12.2. The predicted octanol–water partition coefficient (Wildman–Crippen LogP) is 2.84. The molecular formula is C19H19ClN2O4. The molecule has 26 heavy (non-hydrogen) atoms. The van der Waals surface area contributed by atoms with Gasteiger partial charge < -0.3 is 4.74 Å². The summed E-state index contributed by atoms with van der Waals surface area (Å²) in [5, 5.41) is 0.263. The van der Waals surface area contributed by atoms with Crippen molar-refractivity contribution in [2.45, 2.75) is 19.3 Å². The molecule has 0 saturated carbocycles. The molecule has 2 aromatic carbocycles. The number of nitrogens with one attached hydrogen (secondary N) is 2. The van der Waals surface area contributed by atoms with Crippen LogP contribution in [-0.4, -0.2) is 24.4 Å². The molecular weight excluding hydrogens is 356 g/mol. The zero-order valence-electron chi connectivity index (χ0n) is 14.2. The molecule has 1 unspecified atom stereocenters. The summed E-state index contributed by atoms with van der Waals surface area (Å²) in [4.78, 5) is 35.9. The summed E-state index contributed by atoms with van der Waals surface area (Å²) < 4.78 is 5.04. The molecule has 0 aliphatic heterocycles. The first kappa shape index (κ1) is 19.5. The van der Waals surface area contributed by atoms with Crippen LogP contribution in [0, 0.1) is 0 Å². The molecule has 0 heterocycles. The summed E-state index contributed by atoms with van der Waals surface area (Å²) in [6.45, 7) is 1.37. The van der Waals surface area contributed by atoms with Crippen molar-refractivity contribution < 1.29 is 19.1 Å². The number of carbonyl (C=O) groups excluding carboxylic acids is 3. The molecule has 136 valence electrons. The molecule has 6 nitrogen and oxygen atoms in total. The zero-order chi connectivity index (χ0) is 18.9. The zero-order valence-corrected chi connectivity index (χ0v) is 15.0. The largest absolute Gasteiger partial charge is 0.455 e. The normalized spacial score (nSPS) is 11.3. The van der Waals surface area contributed by atoms with E-state index in [-0.39, 0.29) is 10.6 Å². The minimum Gasteiger partial charge on any atom is -0.455 e. The van der Waals surface area contributed by atoms with Crippen molar-refractivity contribution >= 4 is 29.4 Å². The average molecular weight is 375 g/mol. The van der Waals surface area contributed by atoms with Crippen LogP contribution in [0.2, 0.25) is 5.02 Å². The van der Waals surface area contributed by atoms with E-state index >= 15 is 0 Å². The van der Waals surface area contributed by atoms with Crippen LogP contribution in [0.15, 0.2) is 54.6 Å². The topological polar surface area (TPSA) is 84.5 Å². The molecule has 0 aromatic heterocycles. The van der Waals surface area contributed by atoms with Crippen molar-refractivity contribution in [2.24, 2.45) is 0 Å². The van der Waals surface area contributed by atoms with Gasteiger partial charge in [-0.25, -0.2) is 0 Å². The summed E-state index contributed by atoms with van der Waals surface area (Å²) in [5.41, 5.74) is 5.46. The van der Waals surface area contributed by atoms with Gasteiger partial charge in [0.2, 0.25) is 0 Å². The molecule has 2 rings (SSSR count). The van der Waals surface area contributed by atoms with Crippen LogP contribution >= 0.6 is 11.6 Å². The lowest BCUT2D eigenvalue weighted by molar-refractivity contribution is -0.150. The van der Waals surface area contributed by atoms with Crippen molar-refractivity contribution in [3.8, 4) is 0 Å². The lowest BCUT2D eigenvalue weighted by atomic mass is 9.97. The summed E-state index contributed by atoms with van der Waals surface area (Å²) in [5.74, 6) is -2.15. The number of halogens is 1. The number of rotatable bonds is 6. The van der Waals surface area contributed by atoms with Crippen molar-refractivity contribution in [1.82, 2.24) is 10.9 Å². The Morgan fingerprint density at radius 2 is 1.65 bits per heavy atom. The number of benzene rings is 2. The van der Waals surface area contributed by atoms with Crippen LogP contribution in [0.1, 0.15) is 35.2 Å². The van der Waals surface area contributed by atoms with Crippen LogP contribution in [0.25, 0.3) is 0 Å². The highest BCUT2D eigenvalue weighted by Crippen LogP contribution is 2.20. The van der Waals surface area contributed by atoms with E-state index < -0.39 is 30.3 Å². The smallest absolute Gasteiger partial charge is 0.313 e. The number of esters is 1. The first-order chi connectivity index (χ1) is 12.5. The van der Waals surface area contributed by atoms with E-state index in [4.69, 9.17) is 16.3 Å². The van der Waals surface area contributed by atoms with Gasteiger partial charge >= 0.3 is 5.97 Å². The highest BCUT2D eigenvalue weighted by atomic mass is 35.5. The van der Waals surface area contributed by atoms with Crippen molar-refractivity contribution in [3.63, 3.8) is 0 Å². The molecule has 1 atom stereocenters. The Labute approximate surface area is 156 Å². The lowest BCUT2D eigenvalue weighted by Gasteiger charge is -2.14. The Morgan fingerprint density at radius 3 is 2.31 bits per heavy atom. The first-order valence-corrected chi connectivity index (χ1v) is 8.46. The number of hydrogen-bond donors (Lipinski definition) is 2. The molecule has 0 spiro atoms. The molecule has 0 fully saturated rings. The second-order valence-electron chi connectivity index (χ2n) is 5.46. The second-order valence-corrected chi connectivity index (χ2v) is 5.87. The predicted molar refractivity (Wildman–Crippen MR) is 97.5 cm³/mol. The van der Waals surface area contributed by atoms with Gasteiger partial charge in [-0.3, -0.25) is 25.2 Å². The van der Waals surface area contributed by atoms with Gasteiger partial charge in [-0.15, -0.1) is 0 Å². The first-order valence-electron chi connectivity index (χ1n) is 8.08. The standard InChI is InChI=1S/C19H19ClN2O4/c1-2-14(13-8-4-3-5-9-13)19(25)26-12-17(23)21-22-18(24)15-10-6-7-11-16(15)20/h3-11,14H,2,12H2,1H3,(H,21,23)(H,22,24). The van der Waals surface area contributed by atoms with Gasteiger partial charge in [-0.1, -0.05) is 61.0 Å². The van der Waals surface area contributed by atoms with Crippen molar-refractivity contribution in [2.75, 3.05) is 6.61 Å². The third-order valence-corrected chi connectivity index (χ3v) is 4.00. The quantitative estimate of drug-likeness (QED) is 0.601. The SMILES string of the molecule is CCC(C(=O)OCC(=O)NNC(=O)c1ccccc1Cl)c1ccccc1. The monoisotopic (exact) mass is 374 g/mol. The van der Waals surface area contributed by atoms with E-state index in [1.54, 1.807) is 18.2 Å². The van der Waals surface area contributed by atoms with E-state index in [2.05, 4.69) is 10.9 Å². The van der Waals surface area contributed by atoms with Gasteiger partial charge in [0.15, 0.2) is 6.61 Å². The number of ether oxygens (including phenoxy) is 1. The van der Waals surface area contributed by atoms with E-state index in [1.807, 2.05) is 37.3 Å². The van der Waals surface area contributed by atoms with Crippen LogP contribution in [0.4, 0.5) is 0 Å². The number of amides is 2. The van der Waals surface area contributed by atoms with Gasteiger partial charge in [-0.05, 0) is 24.1 Å². The lowest BCUT2D eigenvalue weighted by Crippen LogP contribution is -2.43. The fourth-order valence-electron chi connectivity index (χ4n) is 2.34. The van der Waals surface area contributed by atoms with Gasteiger partial charge in [-0.2, -0.15) is 0 Å². The molecule has 0 aliphatic carbocycles. The number of carbonyl (C=O) groups is 3. The van der Waals surface area contributed by atoms with Gasteiger partial charge in [0, 0.05) is 0 Å². The van der Waals surface area contributed by atoms with Gasteiger partial charge in [0.05, 0.1) is 16.5 Å². The average Bonchev–Trinajstić information content (AvgIpc) is 2.66. The van der Waals surface area contributed by atoms with E-state index in [0.717, 1.165) is 5.56 Å². The third-order valence-electron chi connectivity index (χ3n) is 3.67. The van der Waals surface area contributed by atoms with E-state index in [0.29, 0.717) is 6.42 Å². The fourth-order valence-corrected chi connectivity index (χ4v) is 2.56. The van der Waals surface area contributed by atoms with Crippen LogP contribution < -0.4 is 10.9 Å². The Kier molecular flexibility index (Phi) is 7.17. The second kappa shape index (κ2) is 9.58. The van der Waals surface area contributed by atoms with Gasteiger partial charge in [0.25, 0.3) is 11.8 Å². The minimum atomic E-state index is -0.651. The molecule has 2 N–H and O–H groups in total. The summed E-state index contributed by atoms with van der Waals surface area (Å²) >= 11 is 5.90. The van der Waals surface area contributed by atoms with Crippen molar-refractivity contribution in [1.29, 1.82) is 0 Å². The Bertz CT molecular complexity index is 780. The number of hydrogen-bond acceptors (Lipinski definition) is 4. The van der Waals surface area contributed by atoms with Crippen LogP contribution in [0.5, 0.6) is 0 Å². The maximum absolute atomic E-state index is 12.2. The van der Waals surface area contributed by atoms with Crippen molar-refractivity contribution in [3.05, 3.63) is 70.7 Å². The summed E-state index contributed by atoms with van der Waals surface area (Å²) in [6, 6.07) is 15.6. The summed E-state index contributed by atoms with van der Waals surface area (Å²) in [7, 11) is 0. The Morgan fingerprint density at radius 1 is 1.00 bits per heavy atom. The summed E-state index contributed by atoms with van der Waals surface area (Å²) in [6.07, 6.45) is 0.549. The molecule has 0 bridgehead atoms. The van der Waals surface area contributed by atoms with Crippen LogP contribution in [0.3, 0.4) is 0 Å². The minimum absolute atomic E-state index is 0.224.